The highest BCUT2D eigenvalue weighted by Gasteiger charge is 2.12. The minimum absolute atomic E-state index is 0.134. The quantitative estimate of drug-likeness (QED) is 0.769. The lowest BCUT2D eigenvalue weighted by atomic mass is 10.0. The van der Waals surface area contributed by atoms with Gasteiger partial charge in [0.15, 0.2) is 5.65 Å². The summed E-state index contributed by atoms with van der Waals surface area (Å²) in [5, 5.41) is 3.51. The van der Waals surface area contributed by atoms with Crippen LogP contribution in [0, 0.1) is 0 Å². The molecule has 0 saturated carbocycles. The van der Waals surface area contributed by atoms with Crippen LogP contribution in [0.3, 0.4) is 0 Å². The molecular weight excluding hydrogens is 252 g/mol. The van der Waals surface area contributed by atoms with Crippen LogP contribution in [0.25, 0.3) is 22.3 Å². The molecule has 0 bridgehead atoms. The first kappa shape index (κ1) is 12.2. The van der Waals surface area contributed by atoms with Crippen molar-refractivity contribution < 1.29 is 4.79 Å². The molecule has 98 valence electrons. The van der Waals surface area contributed by atoms with Gasteiger partial charge in [0.25, 0.3) is 5.91 Å². The van der Waals surface area contributed by atoms with Crippen LogP contribution in [0.1, 0.15) is 10.4 Å². The number of nitrogens with one attached hydrogen (secondary N) is 1. The van der Waals surface area contributed by atoms with Crippen molar-refractivity contribution in [3.63, 3.8) is 0 Å². The number of amides is 1. The van der Waals surface area contributed by atoms with Crippen molar-refractivity contribution in [1.29, 1.82) is 0 Å². The topological polar surface area (TPSA) is 67.8 Å². The molecule has 5 heteroatoms. The number of pyridine rings is 1. The average Bonchev–Trinajstić information content (AvgIpc) is 2.53. The van der Waals surface area contributed by atoms with E-state index < -0.39 is 0 Å². The summed E-state index contributed by atoms with van der Waals surface area (Å²) in [4.78, 5) is 24.5. The summed E-state index contributed by atoms with van der Waals surface area (Å²) >= 11 is 0. The van der Waals surface area contributed by atoms with Crippen LogP contribution in [0.2, 0.25) is 0 Å². The zero-order valence-corrected chi connectivity index (χ0v) is 10.9. The molecule has 3 aromatic rings. The van der Waals surface area contributed by atoms with E-state index in [1.165, 1.54) is 6.33 Å². The molecule has 0 atom stereocenters. The van der Waals surface area contributed by atoms with Crippen molar-refractivity contribution in [2.24, 2.45) is 0 Å². The van der Waals surface area contributed by atoms with Crippen LogP contribution < -0.4 is 5.32 Å². The summed E-state index contributed by atoms with van der Waals surface area (Å²) in [6.45, 7) is 0. The van der Waals surface area contributed by atoms with E-state index in [1.54, 1.807) is 19.3 Å². The number of nitrogens with zero attached hydrogens (tertiary/aromatic N) is 3. The second kappa shape index (κ2) is 5.05. The Labute approximate surface area is 115 Å². The fraction of sp³-hybridized carbons (Fsp3) is 0.0667. The molecule has 0 radical (unpaired) electrons. The van der Waals surface area contributed by atoms with Gasteiger partial charge in [0.05, 0.1) is 5.69 Å². The van der Waals surface area contributed by atoms with Gasteiger partial charge in [0.1, 0.15) is 6.33 Å². The second-order valence-electron chi connectivity index (χ2n) is 4.26. The summed E-state index contributed by atoms with van der Waals surface area (Å²) in [7, 11) is 1.61. The Morgan fingerprint density at radius 1 is 1.15 bits per heavy atom. The Morgan fingerprint density at radius 2 is 2.00 bits per heavy atom. The maximum Gasteiger partial charge on any atom is 0.251 e. The number of aromatic nitrogens is 3. The van der Waals surface area contributed by atoms with E-state index in [0.29, 0.717) is 11.2 Å². The number of carbonyl (C=O) groups excluding carboxylic acids is 1. The predicted octanol–water partition coefficient (Wildman–Crippen LogP) is 2.05. The summed E-state index contributed by atoms with van der Waals surface area (Å²) in [5.41, 5.74) is 2.71. The van der Waals surface area contributed by atoms with Gasteiger partial charge in [-0.1, -0.05) is 18.2 Å². The Bertz CT molecular complexity index is 785. The maximum atomic E-state index is 11.9. The number of hydrogen-bond acceptors (Lipinski definition) is 4. The van der Waals surface area contributed by atoms with Gasteiger partial charge < -0.3 is 5.32 Å². The highest BCUT2D eigenvalue weighted by molar-refractivity contribution is 6.00. The average molecular weight is 264 g/mol. The number of rotatable bonds is 2. The Hall–Kier alpha value is -2.82. The molecular formula is C15H12N4O. The van der Waals surface area contributed by atoms with Gasteiger partial charge in [-0.3, -0.25) is 4.79 Å². The van der Waals surface area contributed by atoms with E-state index in [9.17, 15) is 4.79 Å². The van der Waals surface area contributed by atoms with Crippen molar-refractivity contribution in [3.05, 3.63) is 54.5 Å². The summed E-state index contributed by atoms with van der Waals surface area (Å²) in [6, 6.07) is 11.1. The number of carbonyl (C=O) groups is 1. The van der Waals surface area contributed by atoms with E-state index in [-0.39, 0.29) is 5.91 Å². The molecule has 2 heterocycles. The van der Waals surface area contributed by atoms with E-state index in [1.807, 2.05) is 30.3 Å². The van der Waals surface area contributed by atoms with Crippen LogP contribution >= 0.6 is 0 Å². The lowest BCUT2D eigenvalue weighted by Gasteiger charge is -2.08. The molecule has 0 aliphatic carbocycles. The van der Waals surface area contributed by atoms with Crippen LogP contribution in [-0.2, 0) is 0 Å². The molecule has 0 unspecified atom stereocenters. The monoisotopic (exact) mass is 264 g/mol. The fourth-order valence-electron chi connectivity index (χ4n) is 2.05. The number of hydrogen-bond donors (Lipinski definition) is 1. The van der Waals surface area contributed by atoms with Crippen LogP contribution in [-0.4, -0.2) is 27.9 Å². The summed E-state index contributed by atoms with van der Waals surface area (Å²) < 4.78 is 0. The van der Waals surface area contributed by atoms with Crippen LogP contribution in [0.4, 0.5) is 0 Å². The van der Waals surface area contributed by atoms with Gasteiger partial charge in [0, 0.05) is 29.8 Å². The van der Waals surface area contributed by atoms with Crippen molar-refractivity contribution in [2.75, 3.05) is 7.05 Å². The molecule has 0 saturated heterocycles. The number of fused-ring (bicyclic) bond motifs is 1. The van der Waals surface area contributed by atoms with E-state index in [4.69, 9.17) is 0 Å². The first-order valence-electron chi connectivity index (χ1n) is 6.18. The van der Waals surface area contributed by atoms with E-state index >= 15 is 0 Å². The normalized spacial score (nSPS) is 10.4. The van der Waals surface area contributed by atoms with Gasteiger partial charge in [0.2, 0.25) is 0 Å². The van der Waals surface area contributed by atoms with Gasteiger partial charge in [-0.25, -0.2) is 15.0 Å². The van der Waals surface area contributed by atoms with Gasteiger partial charge in [-0.15, -0.1) is 0 Å². The van der Waals surface area contributed by atoms with Crippen LogP contribution in [0.5, 0.6) is 0 Å². The smallest absolute Gasteiger partial charge is 0.251 e. The highest BCUT2D eigenvalue weighted by Crippen LogP contribution is 2.23. The molecule has 2 aromatic heterocycles. The first-order chi connectivity index (χ1) is 9.79. The minimum atomic E-state index is -0.134. The van der Waals surface area contributed by atoms with E-state index in [2.05, 4.69) is 20.3 Å². The maximum absolute atomic E-state index is 11.9. The Kier molecular flexibility index (Phi) is 3.09. The molecule has 1 amide bonds. The molecule has 0 spiro atoms. The largest absolute Gasteiger partial charge is 0.355 e. The Balaban J connectivity index is 2.18. The fourth-order valence-corrected chi connectivity index (χ4v) is 2.05. The molecule has 0 aliphatic rings. The number of benzene rings is 1. The van der Waals surface area contributed by atoms with Crippen molar-refractivity contribution >= 4 is 16.9 Å². The van der Waals surface area contributed by atoms with Crippen molar-refractivity contribution in [2.45, 2.75) is 0 Å². The van der Waals surface area contributed by atoms with Crippen molar-refractivity contribution in [3.8, 4) is 11.3 Å². The van der Waals surface area contributed by atoms with Gasteiger partial charge >= 0.3 is 0 Å². The molecule has 20 heavy (non-hydrogen) atoms. The highest BCUT2D eigenvalue weighted by atomic mass is 16.1. The molecule has 5 nitrogen and oxygen atoms in total. The zero-order chi connectivity index (χ0) is 13.9. The molecule has 1 N–H and O–H groups in total. The predicted molar refractivity (Wildman–Crippen MR) is 76.2 cm³/mol. The lowest BCUT2D eigenvalue weighted by Crippen LogP contribution is -2.18. The molecule has 3 rings (SSSR count). The lowest BCUT2D eigenvalue weighted by molar-refractivity contribution is 0.0963. The molecule has 1 aromatic carbocycles. The minimum Gasteiger partial charge on any atom is -0.355 e. The van der Waals surface area contributed by atoms with Crippen LogP contribution in [0.15, 0.2) is 48.9 Å². The van der Waals surface area contributed by atoms with Gasteiger partial charge in [-0.05, 0) is 18.2 Å². The third-order valence-corrected chi connectivity index (χ3v) is 3.04. The third-order valence-electron chi connectivity index (χ3n) is 3.04. The standard InChI is InChI=1S/C15H12N4O/c1-16-15(20)12-5-3-2-4-11(12)13-7-6-10-8-17-9-18-14(10)19-13/h2-9H,1H3,(H,16,20). The molecule has 0 fully saturated rings. The SMILES string of the molecule is CNC(=O)c1ccccc1-c1ccc2cncnc2n1. The zero-order valence-electron chi connectivity index (χ0n) is 10.9. The van der Waals surface area contributed by atoms with E-state index in [0.717, 1.165) is 16.6 Å². The Morgan fingerprint density at radius 3 is 2.85 bits per heavy atom. The summed E-state index contributed by atoms with van der Waals surface area (Å²) in [6.07, 6.45) is 3.17. The molecule has 0 aliphatic heterocycles. The first-order valence-corrected chi connectivity index (χ1v) is 6.18. The third kappa shape index (κ3) is 2.09. The summed E-state index contributed by atoms with van der Waals surface area (Å²) in [5.74, 6) is -0.134. The van der Waals surface area contributed by atoms with Gasteiger partial charge in [-0.2, -0.15) is 0 Å². The van der Waals surface area contributed by atoms with Crippen molar-refractivity contribution in [1.82, 2.24) is 20.3 Å². The second-order valence-corrected chi connectivity index (χ2v) is 4.26.